The normalized spacial score (nSPS) is 15.1. The molecule has 0 aliphatic heterocycles. The van der Waals surface area contributed by atoms with E-state index in [2.05, 4.69) is 198 Å². The van der Waals surface area contributed by atoms with Crippen molar-refractivity contribution < 1.29 is 0 Å². The van der Waals surface area contributed by atoms with Crippen LogP contribution in [-0.2, 0) is 6.42 Å². The van der Waals surface area contributed by atoms with Gasteiger partial charge in [-0.1, -0.05) is 146 Å². The van der Waals surface area contributed by atoms with E-state index < -0.39 is 0 Å². The van der Waals surface area contributed by atoms with Crippen LogP contribution in [0.3, 0.4) is 0 Å². The molecule has 0 radical (unpaired) electrons. The van der Waals surface area contributed by atoms with E-state index in [0.717, 1.165) is 36.3 Å². The molecule has 1 heterocycles. The molecule has 2 aliphatic carbocycles. The van der Waals surface area contributed by atoms with Crippen LogP contribution in [0.15, 0.2) is 182 Å². The Balaban J connectivity index is 1.06. The van der Waals surface area contributed by atoms with Crippen LogP contribution in [0.1, 0.15) is 35.7 Å². The third-order valence-electron chi connectivity index (χ3n) is 10.2. The Labute approximate surface area is 294 Å². The van der Waals surface area contributed by atoms with Crippen molar-refractivity contribution in [2.45, 2.75) is 25.3 Å². The van der Waals surface area contributed by atoms with E-state index in [1.54, 1.807) is 0 Å². The van der Waals surface area contributed by atoms with E-state index in [0.29, 0.717) is 0 Å². The van der Waals surface area contributed by atoms with Gasteiger partial charge in [0.2, 0.25) is 0 Å². The molecule has 0 fully saturated rings. The SMILES string of the molecule is C1=Cc2c(n(C3C=C(c4ccc(N(c5ccc(-c6ccccc6)cc5)c5ccc(-c6ccccc6)cc5)cc4)C=CC3)c3ccccc23)CC1. The Morgan fingerprint density at radius 3 is 1.60 bits per heavy atom. The summed E-state index contributed by atoms with van der Waals surface area (Å²) in [5.74, 6) is 0. The second-order valence-corrected chi connectivity index (χ2v) is 13.2. The number of aromatic nitrogens is 1. The zero-order valence-corrected chi connectivity index (χ0v) is 28.0. The summed E-state index contributed by atoms with van der Waals surface area (Å²) >= 11 is 0. The lowest BCUT2D eigenvalue weighted by atomic mass is 9.95. The number of para-hydroxylation sites is 1. The van der Waals surface area contributed by atoms with Crippen molar-refractivity contribution in [1.82, 2.24) is 4.57 Å². The highest BCUT2D eigenvalue weighted by molar-refractivity contribution is 5.92. The van der Waals surface area contributed by atoms with Crippen molar-refractivity contribution >= 4 is 39.6 Å². The Bertz CT molecular complexity index is 2270. The van der Waals surface area contributed by atoms with Crippen LogP contribution < -0.4 is 4.90 Å². The first-order valence-electron chi connectivity index (χ1n) is 17.7. The first-order valence-corrected chi connectivity index (χ1v) is 17.7. The average molecular weight is 643 g/mol. The largest absolute Gasteiger partial charge is 0.337 e. The van der Waals surface area contributed by atoms with Gasteiger partial charge in [0.25, 0.3) is 0 Å². The van der Waals surface area contributed by atoms with Crippen LogP contribution in [0.5, 0.6) is 0 Å². The molecule has 0 spiro atoms. The molecular formula is C48H38N2. The molecule has 7 aromatic rings. The van der Waals surface area contributed by atoms with E-state index in [4.69, 9.17) is 0 Å². The van der Waals surface area contributed by atoms with Gasteiger partial charge >= 0.3 is 0 Å². The molecule has 240 valence electrons. The number of fused-ring (bicyclic) bond motifs is 3. The molecule has 1 aromatic heterocycles. The molecule has 1 atom stereocenters. The molecule has 1 unspecified atom stereocenters. The molecule has 0 saturated heterocycles. The van der Waals surface area contributed by atoms with Gasteiger partial charge in [-0.05, 0) is 95.1 Å². The molecule has 50 heavy (non-hydrogen) atoms. The second-order valence-electron chi connectivity index (χ2n) is 13.2. The number of hydrogen-bond donors (Lipinski definition) is 0. The lowest BCUT2D eigenvalue weighted by Gasteiger charge is -2.27. The standard InChI is InChI=1S/C48H38N2/c1-3-12-35(13-4-1)37-22-28-41(29-23-37)49(42-30-24-38(25-31-42)36-14-5-2-6-15-36)43-32-26-39(27-33-43)40-16-11-17-44(34-40)50-47-20-9-7-18-45(47)46-19-8-10-21-48(46)50/h1-9,11-16,18-20,22-34,44H,10,17,21H2. The van der Waals surface area contributed by atoms with Crippen LogP contribution in [0.25, 0.3) is 44.8 Å². The lowest BCUT2D eigenvalue weighted by Crippen LogP contribution is -2.13. The molecule has 0 bridgehead atoms. The zero-order valence-electron chi connectivity index (χ0n) is 28.0. The van der Waals surface area contributed by atoms with E-state index in [9.17, 15) is 0 Å². The van der Waals surface area contributed by atoms with Gasteiger partial charge in [0.1, 0.15) is 0 Å². The van der Waals surface area contributed by atoms with Crippen molar-refractivity contribution in [3.8, 4) is 22.3 Å². The summed E-state index contributed by atoms with van der Waals surface area (Å²) in [5, 5.41) is 1.36. The monoisotopic (exact) mass is 642 g/mol. The quantitative estimate of drug-likeness (QED) is 0.168. The predicted octanol–water partition coefficient (Wildman–Crippen LogP) is 13.0. The number of anilines is 3. The minimum Gasteiger partial charge on any atom is -0.337 e. The van der Waals surface area contributed by atoms with Crippen molar-refractivity contribution in [1.29, 1.82) is 0 Å². The maximum Gasteiger partial charge on any atom is 0.0563 e. The van der Waals surface area contributed by atoms with Gasteiger partial charge in [-0.25, -0.2) is 0 Å². The fourth-order valence-electron chi connectivity index (χ4n) is 7.74. The summed E-state index contributed by atoms with van der Waals surface area (Å²) in [6, 6.07) is 57.3. The third kappa shape index (κ3) is 5.59. The molecule has 9 rings (SSSR count). The fourth-order valence-corrected chi connectivity index (χ4v) is 7.74. The van der Waals surface area contributed by atoms with Gasteiger partial charge in [0, 0.05) is 39.2 Å². The first-order chi connectivity index (χ1) is 24.8. The smallest absolute Gasteiger partial charge is 0.0563 e. The van der Waals surface area contributed by atoms with Crippen LogP contribution in [-0.4, -0.2) is 4.57 Å². The van der Waals surface area contributed by atoms with E-state index >= 15 is 0 Å². The second kappa shape index (κ2) is 13.1. The number of benzene rings is 6. The van der Waals surface area contributed by atoms with Crippen LogP contribution >= 0.6 is 0 Å². The Morgan fingerprint density at radius 2 is 1.00 bits per heavy atom. The van der Waals surface area contributed by atoms with E-state index in [1.165, 1.54) is 55.6 Å². The van der Waals surface area contributed by atoms with Crippen molar-refractivity contribution in [3.05, 3.63) is 199 Å². The van der Waals surface area contributed by atoms with Crippen LogP contribution in [0.4, 0.5) is 17.1 Å². The van der Waals surface area contributed by atoms with E-state index in [1.807, 2.05) is 0 Å². The van der Waals surface area contributed by atoms with E-state index in [-0.39, 0.29) is 6.04 Å². The summed E-state index contributed by atoms with van der Waals surface area (Å²) < 4.78 is 2.60. The van der Waals surface area contributed by atoms with Crippen molar-refractivity contribution in [3.63, 3.8) is 0 Å². The van der Waals surface area contributed by atoms with Crippen LogP contribution in [0, 0.1) is 0 Å². The van der Waals surface area contributed by atoms with Crippen LogP contribution in [0.2, 0.25) is 0 Å². The highest BCUT2D eigenvalue weighted by Crippen LogP contribution is 2.40. The summed E-state index contributed by atoms with van der Waals surface area (Å²) in [6.45, 7) is 0. The first kappa shape index (κ1) is 30.0. The van der Waals surface area contributed by atoms with Gasteiger partial charge in [-0.2, -0.15) is 0 Å². The van der Waals surface area contributed by atoms with Crippen molar-refractivity contribution in [2.75, 3.05) is 4.90 Å². The summed E-state index contributed by atoms with van der Waals surface area (Å²) in [6.07, 6.45) is 15.0. The van der Waals surface area contributed by atoms with Gasteiger partial charge < -0.3 is 9.47 Å². The van der Waals surface area contributed by atoms with Gasteiger partial charge in [-0.3, -0.25) is 0 Å². The number of nitrogens with zero attached hydrogens (tertiary/aromatic N) is 2. The highest BCUT2D eigenvalue weighted by atomic mass is 15.1. The summed E-state index contributed by atoms with van der Waals surface area (Å²) in [5.41, 5.74) is 14.9. The Hall–Kier alpha value is -6.12. The molecule has 0 amide bonds. The molecule has 0 saturated carbocycles. The Morgan fingerprint density at radius 1 is 0.480 bits per heavy atom. The molecular weight excluding hydrogens is 605 g/mol. The van der Waals surface area contributed by atoms with Gasteiger partial charge in [-0.15, -0.1) is 0 Å². The average Bonchev–Trinajstić information content (AvgIpc) is 3.54. The topological polar surface area (TPSA) is 8.17 Å². The molecule has 2 nitrogen and oxygen atoms in total. The molecule has 2 heteroatoms. The maximum atomic E-state index is 2.60. The fraction of sp³-hybridized carbons (Fsp3) is 0.0833. The number of rotatable bonds is 7. The summed E-state index contributed by atoms with van der Waals surface area (Å²) in [4.78, 5) is 2.35. The minimum atomic E-state index is 0.289. The number of hydrogen-bond acceptors (Lipinski definition) is 1. The summed E-state index contributed by atoms with van der Waals surface area (Å²) in [7, 11) is 0. The lowest BCUT2D eigenvalue weighted by molar-refractivity contribution is 0.600. The van der Waals surface area contributed by atoms with Crippen molar-refractivity contribution in [2.24, 2.45) is 0 Å². The maximum absolute atomic E-state index is 2.60. The molecule has 2 aliphatic rings. The minimum absolute atomic E-state index is 0.289. The molecule has 6 aromatic carbocycles. The number of allylic oxidation sites excluding steroid dienone is 5. The predicted molar refractivity (Wildman–Crippen MR) is 212 cm³/mol. The highest BCUT2D eigenvalue weighted by Gasteiger charge is 2.23. The molecule has 0 N–H and O–H groups in total. The Kier molecular flexibility index (Phi) is 7.83. The third-order valence-corrected chi connectivity index (χ3v) is 10.2. The van der Waals surface area contributed by atoms with Gasteiger partial charge in [0.05, 0.1) is 6.04 Å². The van der Waals surface area contributed by atoms with Gasteiger partial charge in [0.15, 0.2) is 0 Å². The zero-order chi connectivity index (χ0) is 33.3.